The lowest BCUT2D eigenvalue weighted by Crippen LogP contribution is -2.40. The normalized spacial score (nSPS) is 16.0. The van der Waals surface area contributed by atoms with E-state index >= 15 is 0 Å². The van der Waals surface area contributed by atoms with Crippen LogP contribution in [0.15, 0.2) is 23.1 Å². The molecular formula is C13H16ClN3O5S. The summed E-state index contributed by atoms with van der Waals surface area (Å²) in [6, 6.07) is 3.88. The number of nitrogens with two attached hydrogens (primary N) is 1. The Labute approximate surface area is 138 Å². The van der Waals surface area contributed by atoms with Crippen molar-refractivity contribution >= 4 is 33.4 Å². The molecule has 0 unspecified atom stereocenters. The summed E-state index contributed by atoms with van der Waals surface area (Å²) in [6.45, 7) is 0.700. The van der Waals surface area contributed by atoms with Gasteiger partial charge in [-0.25, -0.2) is 8.42 Å². The van der Waals surface area contributed by atoms with Crippen molar-refractivity contribution in [3.05, 3.63) is 28.8 Å². The minimum absolute atomic E-state index is 0.0166. The lowest BCUT2D eigenvalue weighted by atomic mass is 10.2. The number of amides is 2. The van der Waals surface area contributed by atoms with Gasteiger partial charge in [-0.3, -0.25) is 9.59 Å². The van der Waals surface area contributed by atoms with Crippen LogP contribution in [0.25, 0.3) is 0 Å². The Kier molecular flexibility index (Phi) is 5.58. The Hall–Kier alpha value is -1.68. The molecule has 10 heteroatoms. The SMILES string of the molecule is NC(=O)CNC(=O)c1ccc(Cl)c(S(=O)(=O)N2CCOCC2)c1. The number of hydrogen-bond donors (Lipinski definition) is 2. The molecule has 0 aliphatic carbocycles. The molecule has 1 aromatic carbocycles. The van der Waals surface area contributed by atoms with Crippen LogP contribution in [-0.2, 0) is 19.6 Å². The summed E-state index contributed by atoms with van der Waals surface area (Å²) in [5.41, 5.74) is 5.02. The molecule has 0 atom stereocenters. The van der Waals surface area contributed by atoms with Crippen LogP contribution in [0.2, 0.25) is 5.02 Å². The zero-order valence-corrected chi connectivity index (χ0v) is 13.7. The Bertz CT molecular complexity index is 716. The van der Waals surface area contributed by atoms with Gasteiger partial charge in [-0.15, -0.1) is 0 Å². The molecule has 0 spiro atoms. The summed E-state index contributed by atoms with van der Waals surface area (Å²) < 4.78 is 31.6. The molecule has 0 aromatic heterocycles. The molecule has 1 fully saturated rings. The Balaban J connectivity index is 2.29. The summed E-state index contributed by atoms with van der Waals surface area (Å²) in [5, 5.41) is 2.31. The first-order valence-electron chi connectivity index (χ1n) is 6.76. The number of morpholine rings is 1. The minimum Gasteiger partial charge on any atom is -0.379 e. The molecule has 0 radical (unpaired) electrons. The molecule has 23 heavy (non-hydrogen) atoms. The number of primary amides is 1. The van der Waals surface area contributed by atoms with Crippen molar-refractivity contribution in [2.75, 3.05) is 32.8 Å². The fourth-order valence-corrected chi connectivity index (χ4v) is 3.95. The molecule has 126 valence electrons. The maximum absolute atomic E-state index is 12.6. The number of carbonyl (C=O) groups is 2. The highest BCUT2D eigenvalue weighted by Crippen LogP contribution is 2.26. The number of nitrogens with one attached hydrogen (secondary N) is 1. The van der Waals surface area contributed by atoms with Crippen LogP contribution in [0.3, 0.4) is 0 Å². The molecule has 1 saturated heterocycles. The van der Waals surface area contributed by atoms with E-state index in [1.807, 2.05) is 0 Å². The molecule has 0 bridgehead atoms. The maximum atomic E-state index is 12.6. The van der Waals surface area contributed by atoms with Gasteiger partial charge in [-0.05, 0) is 18.2 Å². The van der Waals surface area contributed by atoms with Gasteiger partial charge in [-0.2, -0.15) is 4.31 Å². The molecule has 1 aromatic rings. The van der Waals surface area contributed by atoms with E-state index in [0.29, 0.717) is 13.2 Å². The number of sulfonamides is 1. The monoisotopic (exact) mass is 361 g/mol. The number of benzene rings is 1. The van der Waals surface area contributed by atoms with E-state index in [4.69, 9.17) is 22.1 Å². The molecule has 1 heterocycles. The number of ether oxygens (including phenoxy) is 1. The molecule has 8 nitrogen and oxygen atoms in total. The Morgan fingerprint density at radius 3 is 2.57 bits per heavy atom. The molecule has 2 rings (SSSR count). The van der Waals surface area contributed by atoms with Crippen molar-refractivity contribution in [3.8, 4) is 0 Å². The molecular weight excluding hydrogens is 346 g/mol. The fourth-order valence-electron chi connectivity index (χ4n) is 2.04. The van der Waals surface area contributed by atoms with Crippen LogP contribution in [0, 0.1) is 0 Å². The Morgan fingerprint density at radius 1 is 1.30 bits per heavy atom. The number of rotatable bonds is 5. The highest BCUT2D eigenvalue weighted by molar-refractivity contribution is 7.89. The predicted molar refractivity (Wildman–Crippen MR) is 82.6 cm³/mol. The van der Waals surface area contributed by atoms with Gasteiger partial charge >= 0.3 is 0 Å². The largest absolute Gasteiger partial charge is 0.379 e. The molecule has 1 aliphatic heterocycles. The fraction of sp³-hybridized carbons (Fsp3) is 0.385. The number of hydrogen-bond acceptors (Lipinski definition) is 5. The highest BCUT2D eigenvalue weighted by atomic mass is 35.5. The first kappa shape index (κ1) is 17.7. The third-order valence-electron chi connectivity index (χ3n) is 3.20. The molecule has 0 saturated carbocycles. The van der Waals surface area contributed by atoms with Gasteiger partial charge in [0.15, 0.2) is 0 Å². The van der Waals surface area contributed by atoms with Gasteiger partial charge in [0.2, 0.25) is 15.9 Å². The summed E-state index contributed by atoms with van der Waals surface area (Å²) in [5.74, 6) is -1.31. The standard InChI is InChI=1S/C13H16ClN3O5S/c14-10-2-1-9(13(19)16-8-12(15)18)7-11(10)23(20,21)17-3-5-22-6-4-17/h1-2,7H,3-6,8H2,(H2,15,18)(H,16,19). The van der Waals surface area contributed by atoms with Gasteiger partial charge < -0.3 is 15.8 Å². The van der Waals surface area contributed by atoms with Crippen molar-refractivity contribution in [2.45, 2.75) is 4.90 Å². The smallest absolute Gasteiger partial charge is 0.251 e. The first-order valence-corrected chi connectivity index (χ1v) is 8.58. The van der Waals surface area contributed by atoms with E-state index in [1.54, 1.807) is 0 Å². The van der Waals surface area contributed by atoms with Gasteiger partial charge in [-0.1, -0.05) is 11.6 Å². The van der Waals surface area contributed by atoms with E-state index < -0.39 is 21.8 Å². The lowest BCUT2D eigenvalue weighted by Gasteiger charge is -2.26. The van der Waals surface area contributed by atoms with Crippen LogP contribution in [-0.4, -0.2) is 57.4 Å². The second-order valence-corrected chi connectivity index (χ2v) is 7.12. The first-order chi connectivity index (χ1) is 10.8. The quantitative estimate of drug-likeness (QED) is 0.738. The van der Waals surface area contributed by atoms with E-state index in [-0.39, 0.29) is 35.1 Å². The highest BCUT2D eigenvalue weighted by Gasteiger charge is 2.29. The summed E-state index contributed by atoms with van der Waals surface area (Å²) in [7, 11) is -3.83. The van der Waals surface area contributed by atoms with E-state index in [1.165, 1.54) is 22.5 Å². The van der Waals surface area contributed by atoms with Gasteiger partial charge in [0.25, 0.3) is 5.91 Å². The van der Waals surface area contributed by atoms with Crippen LogP contribution < -0.4 is 11.1 Å². The predicted octanol–water partition coefficient (Wildman–Crippen LogP) is -0.424. The second kappa shape index (κ2) is 7.26. The van der Waals surface area contributed by atoms with Crippen molar-refractivity contribution < 1.29 is 22.7 Å². The summed E-state index contributed by atoms with van der Waals surface area (Å²) in [4.78, 5) is 22.5. The topological polar surface area (TPSA) is 119 Å². The summed E-state index contributed by atoms with van der Waals surface area (Å²) in [6.07, 6.45) is 0. The zero-order chi connectivity index (χ0) is 17.0. The van der Waals surface area contributed by atoms with Gasteiger partial charge in [0, 0.05) is 18.7 Å². The average molecular weight is 362 g/mol. The third-order valence-corrected chi connectivity index (χ3v) is 5.58. The number of nitrogens with zero attached hydrogens (tertiary/aromatic N) is 1. The summed E-state index contributed by atoms with van der Waals surface area (Å²) >= 11 is 5.99. The average Bonchev–Trinajstić information content (AvgIpc) is 2.53. The maximum Gasteiger partial charge on any atom is 0.251 e. The Morgan fingerprint density at radius 2 is 1.96 bits per heavy atom. The van der Waals surface area contributed by atoms with Crippen molar-refractivity contribution in [1.82, 2.24) is 9.62 Å². The second-order valence-electron chi connectivity index (χ2n) is 4.81. The zero-order valence-electron chi connectivity index (χ0n) is 12.1. The van der Waals surface area contributed by atoms with Crippen molar-refractivity contribution in [2.24, 2.45) is 5.73 Å². The molecule has 3 N–H and O–H groups in total. The van der Waals surface area contributed by atoms with Crippen LogP contribution in [0.4, 0.5) is 0 Å². The molecule has 1 aliphatic rings. The molecule has 2 amide bonds. The minimum atomic E-state index is -3.83. The van der Waals surface area contributed by atoms with Crippen molar-refractivity contribution in [3.63, 3.8) is 0 Å². The lowest BCUT2D eigenvalue weighted by molar-refractivity contribution is -0.117. The van der Waals surface area contributed by atoms with Gasteiger partial charge in [0.05, 0.1) is 24.8 Å². The van der Waals surface area contributed by atoms with E-state index in [2.05, 4.69) is 5.32 Å². The third kappa shape index (κ3) is 4.20. The van der Waals surface area contributed by atoms with Crippen LogP contribution >= 0.6 is 11.6 Å². The van der Waals surface area contributed by atoms with Crippen molar-refractivity contribution in [1.29, 1.82) is 0 Å². The van der Waals surface area contributed by atoms with E-state index in [9.17, 15) is 18.0 Å². The van der Waals surface area contributed by atoms with Crippen LogP contribution in [0.5, 0.6) is 0 Å². The number of carbonyl (C=O) groups excluding carboxylic acids is 2. The van der Waals surface area contributed by atoms with Gasteiger partial charge in [0.1, 0.15) is 4.90 Å². The number of halogens is 1. The van der Waals surface area contributed by atoms with Crippen LogP contribution in [0.1, 0.15) is 10.4 Å². The van der Waals surface area contributed by atoms with E-state index in [0.717, 1.165) is 0 Å².